The van der Waals surface area contributed by atoms with Gasteiger partial charge in [-0.3, -0.25) is 9.78 Å². The van der Waals surface area contributed by atoms with Crippen molar-refractivity contribution in [3.8, 4) is 17.0 Å². The lowest BCUT2D eigenvalue weighted by Crippen LogP contribution is -2.23. The maximum atomic E-state index is 13.1. The van der Waals surface area contributed by atoms with E-state index in [9.17, 15) is 4.79 Å². The van der Waals surface area contributed by atoms with Gasteiger partial charge in [-0.1, -0.05) is 22.9 Å². The van der Waals surface area contributed by atoms with E-state index in [0.717, 1.165) is 44.4 Å². The number of nitrogens with zero attached hydrogens (tertiary/aromatic N) is 2. The first-order valence-electron chi connectivity index (χ1n) is 10.1. The molecule has 0 spiro atoms. The second-order valence-corrected chi connectivity index (χ2v) is 8.04. The number of halogens is 1. The molecule has 0 radical (unpaired) electrons. The minimum Gasteiger partial charge on any atom is -0.494 e. The van der Waals surface area contributed by atoms with Crippen LogP contribution in [0.25, 0.3) is 22.2 Å². The van der Waals surface area contributed by atoms with Crippen molar-refractivity contribution in [1.29, 1.82) is 0 Å². The Morgan fingerprint density at radius 2 is 1.81 bits per heavy atom. The van der Waals surface area contributed by atoms with Gasteiger partial charge in [0.25, 0.3) is 5.91 Å². The average Bonchev–Trinajstić information content (AvgIpc) is 2.81. The summed E-state index contributed by atoms with van der Waals surface area (Å²) >= 11 is 3.50. The van der Waals surface area contributed by atoms with Crippen molar-refractivity contribution in [2.24, 2.45) is 0 Å². The topological polar surface area (TPSA) is 64.1 Å². The molecule has 0 fully saturated rings. The van der Waals surface area contributed by atoms with Gasteiger partial charge in [0, 0.05) is 34.4 Å². The van der Waals surface area contributed by atoms with Crippen molar-refractivity contribution in [2.45, 2.75) is 19.9 Å². The van der Waals surface area contributed by atoms with Gasteiger partial charge in [-0.2, -0.15) is 0 Å². The van der Waals surface area contributed by atoms with Crippen molar-refractivity contribution in [3.05, 3.63) is 88.7 Å². The van der Waals surface area contributed by atoms with Crippen molar-refractivity contribution in [1.82, 2.24) is 15.3 Å². The summed E-state index contributed by atoms with van der Waals surface area (Å²) in [4.78, 5) is 21.9. The average molecular weight is 476 g/mol. The molecule has 2 heterocycles. The van der Waals surface area contributed by atoms with Crippen LogP contribution in [0.5, 0.6) is 5.75 Å². The molecule has 0 aliphatic heterocycles. The van der Waals surface area contributed by atoms with Crippen LogP contribution in [-0.2, 0) is 6.54 Å². The summed E-state index contributed by atoms with van der Waals surface area (Å²) in [6.45, 7) is 3.19. The van der Waals surface area contributed by atoms with Crippen LogP contribution in [-0.4, -0.2) is 22.5 Å². The van der Waals surface area contributed by atoms with E-state index in [1.807, 2.05) is 60.7 Å². The van der Waals surface area contributed by atoms with Gasteiger partial charge in [0.2, 0.25) is 0 Å². The van der Waals surface area contributed by atoms with Gasteiger partial charge >= 0.3 is 0 Å². The zero-order valence-corrected chi connectivity index (χ0v) is 18.7. The maximum absolute atomic E-state index is 13.1. The van der Waals surface area contributed by atoms with Crippen LogP contribution in [0.4, 0.5) is 0 Å². The zero-order chi connectivity index (χ0) is 21.6. The highest BCUT2D eigenvalue weighted by atomic mass is 79.9. The summed E-state index contributed by atoms with van der Waals surface area (Å²) in [5.74, 6) is 0.678. The lowest BCUT2D eigenvalue weighted by Gasteiger charge is -2.12. The normalized spacial score (nSPS) is 10.8. The van der Waals surface area contributed by atoms with E-state index >= 15 is 0 Å². The molecule has 2 aromatic carbocycles. The summed E-state index contributed by atoms with van der Waals surface area (Å²) in [5.41, 5.74) is 4.01. The quantitative estimate of drug-likeness (QED) is 0.368. The van der Waals surface area contributed by atoms with Crippen LogP contribution in [0.2, 0.25) is 0 Å². The summed E-state index contributed by atoms with van der Waals surface area (Å²) in [5, 5.41) is 3.81. The molecule has 0 saturated heterocycles. The fraction of sp³-hybridized carbons (Fsp3) is 0.160. The van der Waals surface area contributed by atoms with Crippen LogP contribution in [0, 0.1) is 0 Å². The summed E-state index contributed by atoms with van der Waals surface area (Å²) in [6.07, 6.45) is 4.39. The third-order valence-corrected chi connectivity index (χ3v) is 5.33. The van der Waals surface area contributed by atoms with Gasteiger partial charge in [-0.15, -0.1) is 0 Å². The maximum Gasteiger partial charge on any atom is 0.252 e. The van der Waals surface area contributed by atoms with E-state index < -0.39 is 0 Å². The Hall–Kier alpha value is -3.25. The highest BCUT2D eigenvalue weighted by Gasteiger charge is 2.15. The number of carbonyl (C=O) groups excluding carboxylic acids is 1. The molecule has 4 rings (SSSR count). The van der Waals surface area contributed by atoms with Crippen molar-refractivity contribution < 1.29 is 9.53 Å². The molecule has 0 saturated carbocycles. The summed E-state index contributed by atoms with van der Waals surface area (Å²) < 4.78 is 6.57. The first-order chi connectivity index (χ1) is 15.1. The molecule has 6 heteroatoms. The second kappa shape index (κ2) is 9.71. The molecule has 2 aromatic heterocycles. The fourth-order valence-corrected chi connectivity index (χ4v) is 3.61. The van der Waals surface area contributed by atoms with Gasteiger partial charge < -0.3 is 10.1 Å². The third kappa shape index (κ3) is 5.09. The Morgan fingerprint density at radius 3 is 2.55 bits per heavy atom. The highest BCUT2D eigenvalue weighted by Crippen LogP contribution is 2.28. The van der Waals surface area contributed by atoms with Crippen LogP contribution in [0.1, 0.15) is 29.3 Å². The monoisotopic (exact) mass is 475 g/mol. The number of carbonyl (C=O) groups is 1. The van der Waals surface area contributed by atoms with Crippen LogP contribution < -0.4 is 10.1 Å². The Morgan fingerprint density at radius 1 is 1.03 bits per heavy atom. The predicted molar refractivity (Wildman–Crippen MR) is 126 cm³/mol. The number of hydrogen-bond acceptors (Lipinski definition) is 4. The van der Waals surface area contributed by atoms with Crippen molar-refractivity contribution in [3.63, 3.8) is 0 Å². The lowest BCUT2D eigenvalue weighted by atomic mass is 10.0. The third-order valence-electron chi connectivity index (χ3n) is 4.84. The smallest absolute Gasteiger partial charge is 0.252 e. The Bertz CT molecular complexity index is 1190. The molecule has 0 atom stereocenters. The molecule has 5 nitrogen and oxygen atoms in total. The second-order valence-electron chi connectivity index (χ2n) is 7.13. The van der Waals surface area contributed by atoms with E-state index in [2.05, 4.69) is 33.2 Å². The molecule has 0 aliphatic rings. The SMILES string of the molecule is CCCOc1ccc(-c2cc(C(=O)NCc3ccncc3)c3cc(Br)ccc3n2)cc1. The van der Waals surface area contributed by atoms with Crippen LogP contribution >= 0.6 is 15.9 Å². The molecule has 31 heavy (non-hydrogen) atoms. The van der Waals surface area contributed by atoms with Crippen molar-refractivity contribution in [2.75, 3.05) is 6.61 Å². The summed E-state index contributed by atoms with van der Waals surface area (Å²) in [7, 11) is 0. The molecule has 0 unspecified atom stereocenters. The standard InChI is InChI=1S/C25H22BrN3O2/c1-2-13-31-20-6-3-18(4-7-20)24-15-22(21-14-19(26)5-8-23(21)29-24)25(30)28-16-17-9-11-27-12-10-17/h3-12,14-15H,2,13,16H2,1H3,(H,28,30). The van der Waals surface area contributed by atoms with E-state index in [-0.39, 0.29) is 5.91 Å². The van der Waals surface area contributed by atoms with Gasteiger partial charge in [-0.05, 0) is 72.6 Å². The zero-order valence-electron chi connectivity index (χ0n) is 17.1. The van der Waals surface area contributed by atoms with Gasteiger partial charge in [0.05, 0.1) is 23.4 Å². The van der Waals surface area contributed by atoms with Gasteiger partial charge in [-0.25, -0.2) is 4.98 Å². The molecule has 1 amide bonds. The van der Waals surface area contributed by atoms with E-state index in [1.54, 1.807) is 12.4 Å². The number of pyridine rings is 2. The molecular weight excluding hydrogens is 454 g/mol. The lowest BCUT2D eigenvalue weighted by molar-refractivity contribution is 0.0952. The minimum atomic E-state index is -0.147. The number of rotatable bonds is 7. The number of nitrogens with one attached hydrogen (secondary N) is 1. The van der Waals surface area contributed by atoms with E-state index in [4.69, 9.17) is 9.72 Å². The molecule has 156 valence electrons. The number of fused-ring (bicyclic) bond motifs is 1. The number of ether oxygens (including phenoxy) is 1. The molecular formula is C25H22BrN3O2. The number of hydrogen-bond donors (Lipinski definition) is 1. The minimum absolute atomic E-state index is 0.147. The first-order valence-corrected chi connectivity index (χ1v) is 10.9. The summed E-state index contributed by atoms with van der Waals surface area (Å²) in [6, 6.07) is 19.2. The van der Waals surface area contributed by atoms with E-state index in [1.165, 1.54) is 0 Å². The molecule has 0 aliphatic carbocycles. The van der Waals surface area contributed by atoms with Crippen LogP contribution in [0.3, 0.4) is 0 Å². The Kier molecular flexibility index (Phi) is 6.57. The Balaban J connectivity index is 1.68. The molecule has 4 aromatic rings. The predicted octanol–water partition coefficient (Wildman–Crippen LogP) is 5.78. The fourth-order valence-electron chi connectivity index (χ4n) is 3.25. The van der Waals surface area contributed by atoms with E-state index in [0.29, 0.717) is 18.7 Å². The first kappa shape index (κ1) is 21.0. The number of amides is 1. The van der Waals surface area contributed by atoms with Gasteiger partial charge in [0.15, 0.2) is 0 Å². The molecule has 1 N–H and O–H groups in total. The van der Waals surface area contributed by atoms with Crippen molar-refractivity contribution >= 4 is 32.7 Å². The Labute approximate surface area is 189 Å². The van der Waals surface area contributed by atoms with Gasteiger partial charge in [0.1, 0.15) is 5.75 Å². The number of aromatic nitrogens is 2. The van der Waals surface area contributed by atoms with Crippen LogP contribution in [0.15, 0.2) is 77.5 Å². The number of benzene rings is 2. The largest absolute Gasteiger partial charge is 0.494 e. The molecule has 0 bridgehead atoms. The highest BCUT2D eigenvalue weighted by molar-refractivity contribution is 9.10.